The summed E-state index contributed by atoms with van der Waals surface area (Å²) < 4.78 is 32.3. The molecule has 0 saturated heterocycles. The Morgan fingerprint density at radius 1 is 0.929 bits per heavy atom. The van der Waals surface area contributed by atoms with Crippen LogP contribution in [0.2, 0.25) is 0 Å². The monoisotopic (exact) mass is 395 g/mol. The third-order valence-corrected chi connectivity index (χ3v) is 5.56. The van der Waals surface area contributed by atoms with Crippen LogP contribution in [0.1, 0.15) is 12.0 Å². The second-order valence-electron chi connectivity index (χ2n) is 6.15. The van der Waals surface area contributed by atoms with E-state index in [0.717, 1.165) is 16.3 Å². The van der Waals surface area contributed by atoms with E-state index < -0.39 is 16.0 Å². The smallest absolute Gasteiger partial charge is 0.307 e. The molecule has 3 aromatic rings. The first-order chi connectivity index (χ1) is 13.5. The normalized spacial score (nSPS) is 11.7. The van der Waals surface area contributed by atoms with Crippen molar-refractivity contribution in [1.82, 2.24) is 4.72 Å². The number of hydrogen-bond donors (Lipinski definition) is 1. The molecule has 0 aliphatic rings. The minimum absolute atomic E-state index is 0.0175. The molecule has 6 heteroatoms. The molecule has 0 saturated carbocycles. The van der Waals surface area contributed by atoms with E-state index in [4.69, 9.17) is 4.74 Å². The van der Waals surface area contributed by atoms with Crippen molar-refractivity contribution >= 4 is 32.8 Å². The number of nitrogens with one attached hydrogen (secondary N) is 1. The minimum atomic E-state index is -3.68. The first-order valence-corrected chi connectivity index (χ1v) is 10.4. The second kappa shape index (κ2) is 9.30. The molecule has 144 valence electrons. The molecular weight excluding hydrogens is 374 g/mol. The third kappa shape index (κ3) is 5.52. The quantitative estimate of drug-likeness (QED) is 0.590. The van der Waals surface area contributed by atoms with Crippen LogP contribution in [0.5, 0.6) is 0 Å². The van der Waals surface area contributed by atoms with Crippen LogP contribution in [0.4, 0.5) is 0 Å². The molecule has 0 unspecified atom stereocenters. The lowest BCUT2D eigenvalue weighted by molar-refractivity contribution is -0.142. The van der Waals surface area contributed by atoms with Crippen LogP contribution in [-0.4, -0.2) is 27.5 Å². The predicted octanol–water partition coefficient (Wildman–Crippen LogP) is 3.76. The van der Waals surface area contributed by atoms with Crippen molar-refractivity contribution in [2.24, 2.45) is 0 Å². The van der Waals surface area contributed by atoms with Gasteiger partial charge in [0.1, 0.15) is 6.61 Å². The van der Waals surface area contributed by atoms with Gasteiger partial charge in [-0.1, -0.05) is 66.7 Å². The van der Waals surface area contributed by atoms with Gasteiger partial charge in [-0.05, 0) is 34.5 Å². The molecule has 0 heterocycles. The van der Waals surface area contributed by atoms with Crippen LogP contribution >= 0.6 is 0 Å². The van der Waals surface area contributed by atoms with E-state index in [1.54, 1.807) is 24.3 Å². The molecular formula is C22H21NO4S. The highest BCUT2D eigenvalue weighted by Crippen LogP contribution is 2.18. The number of sulfonamides is 1. The number of rotatable bonds is 8. The molecule has 0 amide bonds. The number of ether oxygens (including phenoxy) is 1. The summed E-state index contributed by atoms with van der Waals surface area (Å²) in [5, 5.41) is 1.81. The fraction of sp³-hybridized carbons (Fsp3) is 0.136. The zero-order chi connectivity index (χ0) is 19.8. The molecule has 1 N–H and O–H groups in total. The van der Waals surface area contributed by atoms with Crippen molar-refractivity contribution in [2.45, 2.75) is 11.3 Å². The molecule has 0 bridgehead atoms. The van der Waals surface area contributed by atoms with Crippen molar-refractivity contribution < 1.29 is 17.9 Å². The number of fused-ring (bicyclic) bond motifs is 1. The zero-order valence-electron chi connectivity index (χ0n) is 15.2. The topological polar surface area (TPSA) is 72.5 Å². The first kappa shape index (κ1) is 19.8. The molecule has 0 atom stereocenters. The maximum absolute atomic E-state index is 12.4. The summed E-state index contributed by atoms with van der Waals surface area (Å²) in [6.07, 6.45) is 3.56. The van der Waals surface area contributed by atoms with Crippen molar-refractivity contribution in [3.63, 3.8) is 0 Å². The van der Waals surface area contributed by atoms with Gasteiger partial charge in [-0.15, -0.1) is 0 Å². The summed E-state index contributed by atoms with van der Waals surface area (Å²) >= 11 is 0. The molecule has 0 spiro atoms. The van der Waals surface area contributed by atoms with Crippen molar-refractivity contribution in [3.8, 4) is 0 Å². The van der Waals surface area contributed by atoms with Gasteiger partial charge in [0, 0.05) is 6.54 Å². The molecule has 3 aromatic carbocycles. The summed E-state index contributed by atoms with van der Waals surface area (Å²) in [4.78, 5) is 11.9. The van der Waals surface area contributed by atoms with E-state index in [0.29, 0.717) is 0 Å². The summed E-state index contributed by atoms with van der Waals surface area (Å²) in [5.41, 5.74) is 1.02. The molecule has 0 aliphatic heterocycles. The highest BCUT2D eigenvalue weighted by Gasteiger charge is 2.14. The van der Waals surface area contributed by atoms with E-state index in [9.17, 15) is 13.2 Å². The van der Waals surface area contributed by atoms with E-state index in [-0.39, 0.29) is 24.5 Å². The lowest BCUT2D eigenvalue weighted by Crippen LogP contribution is -2.26. The van der Waals surface area contributed by atoms with Gasteiger partial charge >= 0.3 is 5.97 Å². The van der Waals surface area contributed by atoms with E-state index >= 15 is 0 Å². The largest absolute Gasteiger partial charge is 0.461 e. The average Bonchev–Trinajstić information content (AvgIpc) is 2.71. The van der Waals surface area contributed by atoms with Gasteiger partial charge < -0.3 is 4.74 Å². The van der Waals surface area contributed by atoms with Gasteiger partial charge in [-0.3, -0.25) is 4.79 Å². The number of hydrogen-bond acceptors (Lipinski definition) is 4. The average molecular weight is 395 g/mol. The van der Waals surface area contributed by atoms with Crippen LogP contribution in [-0.2, 0) is 19.6 Å². The van der Waals surface area contributed by atoms with Crippen LogP contribution in [0.25, 0.3) is 16.8 Å². The van der Waals surface area contributed by atoms with Gasteiger partial charge in [-0.25, -0.2) is 13.1 Å². The Morgan fingerprint density at radius 2 is 1.64 bits per heavy atom. The third-order valence-electron chi connectivity index (χ3n) is 4.10. The Hall–Kier alpha value is -2.96. The highest BCUT2D eigenvalue weighted by atomic mass is 32.2. The maximum Gasteiger partial charge on any atom is 0.307 e. The Morgan fingerprint density at radius 3 is 2.43 bits per heavy atom. The lowest BCUT2D eigenvalue weighted by Gasteiger charge is -2.08. The van der Waals surface area contributed by atoms with Crippen molar-refractivity contribution in [1.29, 1.82) is 0 Å². The first-order valence-electron chi connectivity index (χ1n) is 8.90. The van der Waals surface area contributed by atoms with Gasteiger partial charge in [0.25, 0.3) is 0 Å². The van der Waals surface area contributed by atoms with Crippen LogP contribution in [0, 0.1) is 0 Å². The number of benzene rings is 3. The predicted molar refractivity (Wildman–Crippen MR) is 110 cm³/mol. The van der Waals surface area contributed by atoms with Crippen molar-refractivity contribution in [2.75, 3.05) is 13.2 Å². The van der Waals surface area contributed by atoms with E-state index in [1.807, 2.05) is 60.7 Å². The highest BCUT2D eigenvalue weighted by molar-refractivity contribution is 7.89. The second-order valence-corrected chi connectivity index (χ2v) is 7.92. The summed E-state index contributed by atoms with van der Waals surface area (Å²) in [7, 11) is -3.68. The van der Waals surface area contributed by atoms with Gasteiger partial charge in [-0.2, -0.15) is 0 Å². The van der Waals surface area contributed by atoms with Gasteiger partial charge in [0.2, 0.25) is 10.0 Å². The van der Waals surface area contributed by atoms with Crippen LogP contribution < -0.4 is 4.72 Å². The van der Waals surface area contributed by atoms with Crippen molar-refractivity contribution in [3.05, 3.63) is 84.4 Å². The minimum Gasteiger partial charge on any atom is -0.461 e. The lowest BCUT2D eigenvalue weighted by atomic mass is 10.1. The maximum atomic E-state index is 12.4. The molecule has 5 nitrogen and oxygen atoms in total. The van der Waals surface area contributed by atoms with Gasteiger partial charge in [0.05, 0.1) is 11.3 Å². The Kier molecular flexibility index (Phi) is 6.57. The Labute approximate surface area is 164 Å². The molecule has 0 radical (unpaired) electrons. The molecule has 0 aliphatic carbocycles. The summed E-state index contributed by atoms with van der Waals surface area (Å²) in [6, 6.07) is 22.1. The fourth-order valence-electron chi connectivity index (χ4n) is 2.67. The number of carbonyl (C=O) groups is 1. The fourth-order valence-corrected chi connectivity index (χ4v) is 3.73. The summed E-state index contributed by atoms with van der Waals surface area (Å²) in [6.45, 7) is 0.127. The van der Waals surface area contributed by atoms with E-state index in [1.165, 1.54) is 0 Å². The zero-order valence-corrected chi connectivity index (χ0v) is 16.1. The molecule has 28 heavy (non-hydrogen) atoms. The van der Waals surface area contributed by atoms with Crippen LogP contribution in [0.3, 0.4) is 0 Å². The van der Waals surface area contributed by atoms with Crippen LogP contribution in [0.15, 0.2) is 83.8 Å². The SMILES string of the molecule is O=C(CCNS(=O)(=O)c1ccc2ccccc2c1)OC/C=C/c1ccccc1. The molecule has 0 aromatic heterocycles. The Bertz CT molecular complexity index is 1080. The molecule has 3 rings (SSSR count). The van der Waals surface area contributed by atoms with E-state index in [2.05, 4.69) is 4.72 Å². The van der Waals surface area contributed by atoms with Gasteiger partial charge in [0.15, 0.2) is 0 Å². The molecule has 0 fully saturated rings. The summed E-state index contributed by atoms with van der Waals surface area (Å²) in [5.74, 6) is -0.459. The Balaban J connectivity index is 1.46. The number of esters is 1. The standard InChI is InChI=1S/C22H21NO4S/c24-22(27-16-6-9-18-7-2-1-3-8-18)14-15-23-28(25,26)21-13-12-19-10-4-5-11-20(19)17-21/h1-13,17,23H,14-16H2/b9-6+. The number of carbonyl (C=O) groups excluding carboxylic acids is 1.